The van der Waals surface area contributed by atoms with Crippen molar-refractivity contribution in [1.82, 2.24) is 15.3 Å². The quantitative estimate of drug-likeness (QED) is 0.515. The summed E-state index contributed by atoms with van der Waals surface area (Å²) in [4.78, 5) is 14.5. The van der Waals surface area contributed by atoms with E-state index in [1.54, 1.807) is 0 Å². The molecule has 2 aromatic rings. The molecule has 0 amide bonds. The number of anilines is 3. The van der Waals surface area contributed by atoms with Gasteiger partial charge >= 0.3 is 0 Å². The number of ether oxygens (including phenoxy) is 1. The lowest BCUT2D eigenvalue weighted by Crippen LogP contribution is -2.44. The summed E-state index contributed by atoms with van der Waals surface area (Å²) in [5.41, 5.74) is 1.53. The minimum Gasteiger partial charge on any atom is -0.378 e. The molecule has 1 aromatic carbocycles. The highest BCUT2D eigenvalue weighted by Gasteiger charge is 2.34. The third-order valence-electron chi connectivity index (χ3n) is 8.24. The summed E-state index contributed by atoms with van der Waals surface area (Å²) in [5.74, 6) is 3.79. The Morgan fingerprint density at radius 3 is 2.30 bits per heavy atom. The molecule has 3 aliphatic rings. The standard InChI is InChI=1S/C29H42N6OS/c1-22-17-23(2)20-35(19-22)26-18-25(34-13-15-36-16-14-34)31-27(32-26)33-28(37)30-21-29(11-7-4-8-12-29)24-9-5-3-6-10-24/h3,5-6,9-10,18,22-23H,4,7-8,11-17,19-21H2,1-2H3,(H2,30,31,32,33,37)/t22-,23-/m1/s1. The predicted molar refractivity (Wildman–Crippen MR) is 156 cm³/mol. The van der Waals surface area contributed by atoms with Gasteiger partial charge in [0.05, 0.1) is 13.2 Å². The first kappa shape index (κ1) is 26.2. The number of thiocarbonyl (C=S) groups is 1. The van der Waals surface area contributed by atoms with Gasteiger partial charge in [-0.15, -0.1) is 0 Å². The molecule has 2 atom stereocenters. The summed E-state index contributed by atoms with van der Waals surface area (Å²) in [7, 11) is 0. The van der Waals surface area contributed by atoms with Gasteiger partial charge in [-0.05, 0) is 48.9 Å². The van der Waals surface area contributed by atoms with Crippen molar-refractivity contribution in [2.75, 3.05) is 61.1 Å². The van der Waals surface area contributed by atoms with Crippen LogP contribution in [0.25, 0.3) is 0 Å². The van der Waals surface area contributed by atoms with E-state index in [1.807, 2.05) is 0 Å². The molecule has 37 heavy (non-hydrogen) atoms. The second-order valence-electron chi connectivity index (χ2n) is 11.4. The van der Waals surface area contributed by atoms with Crippen LogP contribution in [0.15, 0.2) is 36.4 Å². The molecule has 8 heteroatoms. The van der Waals surface area contributed by atoms with Crippen LogP contribution in [0.2, 0.25) is 0 Å². The Hall–Kier alpha value is -2.45. The van der Waals surface area contributed by atoms with E-state index in [0.29, 0.717) is 22.9 Å². The zero-order chi connectivity index (χ0) is 25.7. The largest absolute Gasteiger partial charge is 0.378 e. The summed E-state index contributed by atoms with van der Waals surface area (Å²) < 4.78 is 5.58. The van der Waals surface area contributed by atoms with E-state index in [9.17, 15) is 0 Å². The highest BCUT2D eigenvalue weighted by molar-refractivity contribution is 7.80. The van der Waals surface area contributed by atoms with E-state index in [-0.39, 0.29) is 5.41 Å². The summed E-state index contributed by atoms with van der Waals surface area (Å²) >= 11 is 5.79. The molecule has 0 unspecified atom stereocenters. The van der Waals surface area contributed by atoms with E-state index in [2.05, 4.69) is 70.7 Å². The zero-order valence-electron chi connectivity index (χ0n) is 22.4. The van der Waals surface area contributed by atoms with Crippen molar-refractivity contribution in [2.24, 2.45) is 11.8 Å². The van der Waals surface area contributed by atoms with Gasteiger partial charge < -0.3 is 25.2 Å². The number of piperidine rings is 1. The number of hydrogen-bond donors (Lipinski definition) is 2. The molecule has 7 nitrogen and oxygen atoms in total. The first-order valence-electron chi connectivity index (χ1n) is 14.1. The fraction of sp³-hybridized carbons (Fsp3) is 0.621. The number of hydrogen-bond acceptors (Lipinski definition) is 6. The van der Waals surface area contributed by atoms with Gasteiger partial charge in [-0.25, -0.2) is 0 Å². The molecule has 1 aromatic heterocycles. The van der Waals surface area contributed by atoms with Crippen LogP contribution in [-0.4, -0.2) is 61.0 Å². The van der Waals surface area contributed by atoms with Crippen molar-refractivity contribution in [3.63, 3.8) is 0 Å². The molecular weight excluding hydrogens is 480 g/mol. The molecule has 0 radical (unpaired) electrons. The molecule has 0 spiro atoms. The van der Waals surface area contributed by atoms with Gasteiger partial charge in [0.25, 0.3) is 0 Å². The normalized spacial score (nSPS) is 23.9. The second kappa shape index (κ2) is 11.9. The molecule has 2 aliphatic heterocycles. The fourth-order valence-electron chi connectivity index (χ4n) is 6.43. The molecule has 2 saturated heterocycles. The first-order valence-corrected chi connectivity index (χ1v) is 14.5. The first-order chi connectivity index (χ1) is 18.0. The predicted octanol–water partition coefficient (Wildman–Crippen LogP) is 4.98. The lowest BCUT2D eigenvalue weighted by molar-refractivity contribution is 0.122. The molecule has 0 bridgehead atoms. The van der Waals surface area contributed by atoms with E-state index in [4.69, 9.17) is 26.9 Å². The van der Waals surface area contributed by atoms with E-state index >= 15 is 0 Å². The monoisotopic (exact) mass is 522 g/mol. The molecule has 1 aliphatic carbocycles. The Morgan fingerprint density at radius 1 is 0.973 bits per heavy atom. The average Bonchev–Trinajstić information content (AvgIpc) is 2.93. The third kappa shape index (κ3) is 6.52. The van der Waals surface area contributed by atoms with Gasteiger partial charge in [-0.2, -0.15) is 9.97 Å². The van der Waals surface area contributed by atoms with Gasteiger partial charge in [0.2, 0.25) is 5.95 Å². The van der Waals surface area contributed by atoms with Crippen molar-refractivity contribution in [1.29, 1.82) is 0 Å². The van der Waals surface area contributed by atoms with E-state index < -0.39 is 0 Å². The number of aromatic nitrogens is 2. The summed E-state index contributed by atoms with van der Waals surface area (Å²) in [6.45, 7) is 10.6. The number of benzene rings is 1. The maximum Gasteiger partial charge on any atom is 0.232 e. The van der Waals surface area contributed by atoms with Crippen molar-refractivity contribution in [3.05, 3.63) is 42.0 Å². The fourth-order valence-corrected chi connectivity index (χ4v) is 6.59. The van der Waals surface area contributed by atoms with Crippen molar-refractivity contribution in [2.45, 2.75) is 57.8 Å². The number of morpholine rings is 1. The van der Waals surface area contributed by atoms with Crippen LogP contribution in [0.4, 0.5) is 17.6 Å². The van der Waals surface area contributed by atoms with Crippen LogP contribution in [0.1, 0.15) is 57.9 Å². The third-order valence-corrected chi connectivity index (χ3v) is 8.48. The van der Waals surface area contributed by atoms with Crippen LogP contribution >= 0.6 is 12.2 Å². The molecular formula is C29H42N6OS. The molecule has 3 heterocycles. The van der Waals surface area contributed by atoms with Gasteiger partial charge in [0.15, 0.2) is 5.11 Å². The lowest BCUT2D eigenvalue weighted by Gasteiger charge is -2.38. The molecule has 5 rings (SSSR count). The Morgan fingerprint density at radius 2 is 1.62 bits per heavy atom. The minimum atomic E-state index is 0.118. The van der Waals surface area contributed by atoms with Gasteiger partial charge in [-0.1, -0.05) is 63.4 Å². The van der Waals surface area contributed by atoms with Gasteiger partial charge in [0.1, 0.15) is 11.6 Å². The molecule has 3 fully saturated rings. The van der Waals surface area contributed by atoms with Crippen molar-refractivity contribution < 1.29 is 4.74 Å². The van der Waals surface area contributed by atoms with E-state index in [0.717, 1.165) is 57.6 Å². The van der Waals surface area contributed by atoms with Gasteiger partial charge in [-0.3, -0.25) is 0 Å². The topological polar surface area (TPSA) is 65.6 Å². The summed E-state index contributed by atoms with van der Waals surface area (Å²) in [6, 6.07) is 13.1. The molecule has 2 N–H and O–H groups in total. The van der Waals surface area contributed by atoms with Crippen LogP contribution in [0.3, 0.4) is 0 Å². The Balaban J connectivity index is 1.33. The number of nitrogens with zero attached hydrogens (tertiary/aromatic N) is 4. The van der Waals surface area contributed by atoms with Gasteiger partial charge in [0, 0.05) is 44.2 Å². The SMILES string of the molecule is C[C@@H]1C[C@@H](C)CN(c2cc(N3CCOCC3)nc(NC(=S)NCC3(c4ccccc4)CCCCC3)n2)C1. The zero-order valence-corrected chi connectivity index (χ0v) is 23.2. The summed E-state index contributed by atoms with van der Waals surface area (Å²) in [5, 5.41) is 7.48. The Kier molecular flexibility index (Phi) is 8.45. The average molecular weight is 523 g/mol. The molecule has 1 saturated carbocycles. The smallest absolute Gasteiger partial charge is 0.232 e. The highest BCUT2D eigenvalue weighted by atomic mass is 32.1. The molecule has 200 valence electrons. The summed E-state index contributed by atoms with van der Waals surface area (Å²) in [6.07, 6.45) is 7.47. The second-order valence-corrected chi connectivity index (χ2v) is 11.8. The lowest BCUT2D eigenvalue weighted by atomic mass is 9.69. The number of rotatable bonds is 6. The Labute approximate surface area is 227 Å². The van der Waals surface area contributed by atoms with E-state index in [1.165, 1.54) is 44.1 Å². The maximum absolute atomic E-state index is 5.79. The minimum absolute atomic E-state index is 0.118. The van der Waals surface area contributed by atoms with Crippen LogP contribution in [-0.2, 0) is 10.2 Å². The van der Waals surface area contributed by atoms with Crippen LogP contribution in [0, 0.1) is 11.8 Å². The van der Waals surface area contributed by atoms with Crippen LogP contribution in [0.5, 0.6) is 0 Å². The maximum atomic E-state index is 5.79. The van der Waals surface area contributed by atoms with Crippen molar-refractivity contribution in [3.8, 4) is 0 Å². The highest BCUT2D eigenvalue weighted by Crippen LogP contribution is 2.39. The number of nitrogens with one attached hydrogen (secondary N) is 2. The Bertz CT molecular complexity index is 1030. The van der Waals surface area contributed by atoms with Crippen LogP contribution < -0.4 is 20.4 Å². The van der Waals surface area contributed by atoms with Crippen molar-refractivity contribution >= 4 is 34.9 Å².